The number of halogens is 1. The van der Waals surface area contributed by atoms with E-state index in [4.69, 9.17) is 11.6 Å². The maximum Gasteiger partial charge on any atom is 0.234 e. The molecule has 2 aromatic carbocycles. The molecular weight excluding hydrogens is 368 g/mol. The van der Waals surface area contributed by atoms with E-state index in [2.05, 4.69) is 10.3 Å². The molecule has 0 saturated heterocycles. The van der Waals surface area contributed by atoms with Gasteiger partial charge < -0.3 is 10.3 Å². The van der Waals surface area contributed by atoms with E-state index in [0.29, 0.717) is 27.6 Å². The second-order valence-corrected chi connectivity index (χ2v) is 7.56. The molecular formula is C20H19ClN2O2S. The molecule has 0 aliphatic rings. The van der Waals surface area contributed by atoms with Crippen molar-refractivity contribution in [3.05, 3.63) is 74.5 Å². The number of rotatable bonds is 5. The Morgan fingerprint density at radius 1 is 1.15 bits per heavy atom. The highest BCUT2D eigenvalue weighted by Gasteiger charge is 2.08. The Balaban J connectivity index is 1.64. The van der Waals surface area contributed by atoms with Gasteiger partial charge in [-0.15, -0.1) is 11.8 Å². The molecule has 6 heteroatoms. The maximum absolute atomic E-state index is 12.3. The van der Waals surface area contributed by atoms with Gasteiger partial charge in [0.15, 0.2) is 5.43 Å². The topological polar surface area (TPSA) is 62.0 Å². The predicted octanol–water partition coefficient (Wildman–Crippen LogP) is 4.67. The van der Waals surface area contributed by atoms with Gasteiger partial charge in [0.05, 0.1) is 11.3 Å². The Labute approximate surface area is 161 Å². The monoisotopic (exact) mass is 386 g/mol. The van der Waals surface area contributed by atoms with Crippen molar-refractivity contribution in [3.8, 4) is 0 Å². The van der Waals surface area contributed by atoms with Crippen LogP contribution in [0.4, 0.5) is 5.69 Å². The highest BCUT2D eigenvalue weighted by molar-refractivity contribution is 7.99. The number of thioether (sulfide) groups is 1. The van der Waals surface area contributed by atoms with Crippen LogP contribution in [0.3, 0.4) is 0 Å². The van der Waals surface area contributed by atoms with Crippen molar-refractivity contribution in [3.63, 3.8) is 0 Å². The molecule has 0 saturated carbocycles. The van der Waals surface area contributed by atoms with Crippen molar-refractivity contribution < 1.29 is 4.79 Å². The second kappa shape index (κ2) is 7.98. The van der Waals surface area contributed by atoms with E-state index in [1.165, 1.54) is 11.8 Å². The van der Waals surface area contributed by atoms with Gasteiger partial charge in [-0.25, -0.2) is 0 Å². The zero-order valence-corrected chi connectivity index (χ0v) is 16.1. The SMILES string of the molecule is Cc1ccc2c(=O)cc(CSCC(=O)Nc3ccc(Cl)cc3)[nH]c2c1C. The summed E-state index contributed by atoms with van der Waals surface area (Å²) in [7, 11) is 0. The maximum atomic E-state index is 12.3. The molecule has 0 radical (unpaired) electrons. The van der Waals surface area contributed by atoms with Crippen molar-refractivity contribution >= 4 is 45.9 Å². The van der Waals surface area contributed by atoms with Gasteiger partial charge >= 0.3 is 0 Å². The summed E-state index contributed by atoms with van der Waals surface area (Å²) in [5.41, 5.74) is 4.62. The summed E-state index contributed by atoms with van der Waals surface area (Å²) in [6.45, 7) is 4.03. The van der Waals surface area contributed by atoms with Crippen LogP contribution in [0.5, 0.6) is 0 Å². The van der Waals surface area contributed by atoms with Crippen LogP contribution in [0.15, 0.2) is 47.3 Å². The molecule has 0 bridgehead atoms. The first kappa shape index (κ1) is 18.5. The molecule has 4 nitrogen and oxygen atoms in total. The fraction of sp³-hybridized carbons (Fsp3) is 0.200. The minimum atomic E-state index is -0.0903. The second-order valence-electron chi connectivity index (χ2n) is 6.14. The largest absolute Gasteiger partial charge is 0.357 e. The van der Waals surface area contributed by atoms with E-state index >= 15 is 0 Å². The summed E-state index contributed by atoms with van der Waals surface area (Å²) in [5, 5.41) is 4.15. The Bertz CT molecular complexity index is 1010. The molecule has 26 heavy (non-hydrogen) atoms. The van der Waals surface area contributed by atoms with Crippen LogP contribution in [0.1, 0.15) is 16.8 Å². The van der Waals surface area contributed by atoms with E-state index in [-0.39, 0.29) is 11.3 Å². The summed E-state index contributed by atoms with van der Waals surface area (Å²) in [6.07, 6.45) is 0. The number of amides is 1. The number of carbonyl (C=O) groups excluding carboxylic acids is 1. The van der Waals surface area contributed by atoms with E-state index < -0.39 is 0 Å². The first-order chi connectivity index (χ1) is 12.4. The van der Waals surface area contributed by atoms with E-state index in [0.717, 1.165) is 22.3 Å². The smallest absolute Gasteiger partial charge is 0.234 e. The fourth-order valence-electron chi connectivity index (χ4n) is 2.68. The summed E-state index contributed by atoms with van der Waals surface area (Å²) >= 11 is 7.28. The number of benzene rings is 2. The zero-order chi connectivity index (χ0) is 18.7. The predicted molar refractivity (Wildman–Crippen MR) is 110 cm³/mol. The van der Waals surface area contributed by atoms with Gasteiger partial charge in [-0.3, -0.25) is 9.59 Å². The molecule has 0 fully saturated rings. The van der Waals surface area contributed by atoms with Crippen molar-refractivity contribution in [2.75, 3.05) is 11.1 Å². The van der Waals surface area contributed by atoms with Crippen LogP contribution in [0, 0.1) is 13.8 Å². The molecule has 134 valence electrons. The highest BCUT2D eigenvalue weighted by atomic mass is 35.5. The van der Waals surface area contributed by atoms with Gasteiger partial charge in [-0.1, -0.05) is 17.7 Å². The third-order valence-corrected chi connectivity index (χ3v) is 5.44. The number of aryl methyl sites for hydroxylation is 2. The molecule has 1 aromatic heterocycles. The Kier molecular flexibility index (Phi) is 5.69. The van der Waals surface area contributed by atoms with Crippen LogP contribution in [0.25, 0.3) is 10.9 Å². The lowest BCUT2D eigenvalue weighted by atomic mass is 10.0. The first-order valence-corrected chi connectivity index (χ1v) is 9.72. The summed E-state index contributed by atoms with van der Waals surface area (Å²) in [5.74, 6) is 0.773. The van der Waals surface area contributed by atoms with Crippen molar-refractivity contribution in [1.82, 2.24) is 4.98 Å². The number of aromatic nitrogens is 1. The molecule has 3 rings (SSSR count). The van der Waals surface area contributed by atoms with Crippen molar-refractivity contribution in [2.24, 2.45) is 0 Å². The lowest BCUT2D eigenvalue weighted by molar-refractivity contribution is -0.113. The number of fused-ring (bicyclic) bond motifs is 1. The molecule has 1 amide bonds. The number of anilines is 1. The quantitative estimate of drug-likeness (QED) is 0.669. The van der Waals surface area contributed by atoms with E-state index in [1.807, 2.05) is 26.0 Å². The third kappa shape index (κ3) is 4.29. The van der Waals surface area contributed by atoms with E-state index in [9.17, 15) is 9.59 Å². The lowest BCUT2D eigenvalue weighted by Gasteiger charge is -2.09. The molecule has 0 aliphatic carbocycles. The normalized spacial score (nSPS) is 10.9. The lowest BCUT2D eigenvalue weighted by Crippen LogP contribution is -2.14. The molecule has 0 atom stereocenters. The zero-order valence-electron chi connectivity index (χ0n) is 14.6. The molecule has 2 N–H and O–H groups in total. The van der Waals surface area contributed by atoms with E-state index in [1.54, 1.807) is 30.3 Å². The van der Waals surface area contributed by atoms with Crippen LogP contribution in [0.2, 0.25) is 5.02 Å². The molecule has 0 aliphatic heterocycles. The Hall–Kier alpha value is -2.24. The van der Waals surface area contributed by atoms with Crippen LogP contribution in [-0.4, -0.2) is 16.6 Å². The number of hydrogen-bond donors (Lipinski definition) is 2. The van der Waals surface area contributed by atoms with Gasteiger partial charge in [-0.05, 0) is 55.3 Å². The average molecular weight is 387 g/mol. The van der Waals surface area contributed by atoms with Crippen LogP contribution in [-0.2, 0) is 10.5 Å². The average Bonchev–Trinajstić information content (AvgIpc) is 2.60. The van der Waals surface area contributed by atoms with Gasteiger partial charge in [0.2, 0.25) is 5.91 Å². The van der Waals surface area contributed by atoms with Crippen molar-refractivity contribution in [1.29, 1.82) is 0 Å². The van der Waals surface area contributed by atoms with Gasteiger partial charge in [-0.2, -0.15) is 0 Å². The standard InChI is InChI=1S/C20H19ClN2O2S/c1-12-3-8-17-18(24)9-16(23-20(17)13(12)2)10-26-11-19(25)22-15-6-4-14(21)5-7-15/h3-9H,10-11H2,1-2H3,(H,22,25)(H,23,24). The number of hydrogen-bond acceptors (Lipinski definition) is 3. The van der Waals surface area contributed by atoms with Gasteiger partial charge in [0.25, 0.3) is 0 Å². The van der Waals surface area contributed by atoms with Crippen molar-refractivity contribution in [2.45, 2.75) is 19.6 Å². The van der Waals surface area contributed by atoms with Gasteiger partial charge in [0.1, 0.15) is 0 Å². The first-order valence-electron chi connectivity index (χ1n) is 8.19. The summed E-state index contributed by atoms with van der Waals surface area (Å²) < 4.78 is 0. The third-order valence-electron chi connectivity index (χ3n) is 4.21. The fourth-order valence-corrected chi connectivity index (χ4v) is 3.54. The number of nitrogens with one attached hydrogen (secondary N) is 2. The molecule has 0 spiro atoms. The van der Waals surface area contributed by atoms with Gasteiger partial charge in [0, 0.05) is 33.6 Å². The highest BCUT2D eigenvalue weighted by Crippen LogP contribution is 2.19. The number of pyridine rings is 1. The minimum Gasteiger partial charge on any atom is -0.357 e. The molecule has 1 heterocycles. The minimum absolute atomic E-state index is 0.00284. The van der Waals surface area contributed by atoms with Crippen LogP contribution < -0.4 is 10.7 Å². The molecule has 0 unspecified atom stereocenters. The number of H-pyrrole nitrogens is 1. The Morgan fingerprint density at radius 3 is 2.62 bits per heavy atom. The van der Waals surface area contributed by atoms with Crippen LogP contribution >= 0.6 is 23.4 Å². The number of aromatic amines is 1. The molecule has 3 aromatic rings. The Morgan fingerprint density at radius 2 is 1.88 bits per heavy atom. The summed E-state index contributed by atoms with van der Waals surface area (Å²) in [4.78, 5) is 27.7. The summed E-state index contributed by atoms with van der Waals surface area (Å²) in [6, 6.07) is 12.4. The number of carbonyl (C=O) groups is 1.